The normalized spacial score (nSPS) is 33.5. The highest BCUT2D eigenvalue weighted by atomic mass is 16.8. The zero-order valence-corrected chi connectivity index (χ0v) is 69.2. The van der Waals surface area contributed by atoms with Gasteiger partial charge in [0.1, 0.15) is 91.6 Å². The summed E-state index contributed by atoms with van der Waals surface area (Å²) in [7, 11) is 0. The van der Waals surface area contributed by atoms with Crippen LogP contribution in [0.5, 0.6) is 0 Å². The number of aliphatic hydroxyl groups is 2. The summed E-state index contributed by atoms with van der Waals surface area (Å²) in [5.74, 6) is -1.49. The maximum absolute atomic E-state index is 13.5. The van der Waals surface area contributed by atoms with Gasteiger partial charge < -0.3 is 114 Å². The molecule has 25 atom stereocenters. The van der Waals surface area contributed by atoms with Crippen LogP contribution in [-0.4, -0.2) is 270 Å². The first-order valence-electron chi connectivity index (χ1n) is 42.8. The van der Waals surface area contributed by atoms with Crippen LogP contribution in [0.2, 0.25) is 0 Å². The van der Waals surface area contributed by atoms with E-state index in [1.54, 1.807) is 0 Å². The summed E-state index contributed by atoms with van der Waals surface area (Å²) in [6.07, 6.45) is -2.46. The number of carbonyl (C=O) groups is 1. The highest BCUT2D eigenvalue weighted by Gasteiger charge is 2.59. The lowest BCUT2D eigenvalue weighted by Crippen LogP contribution is -2.68. The van der Waals surface area contributed by atoms with E-state index in [9.17, 15) is 15.0 Å². The molecule has 0 aromatic heterocycles. The molecule has 25 nitrogen and oxygen atoms in total. The first kappa shape index (κ1) is 96.1. The molecule has 2 N–H and O–H groups in total. The van der Waals surface area contributed by atoms with E-state index in [0.717, 1.165) is 141 Å². The maximum atomic E-state index is 13.5. The maximum Gasteiger partial charge on any atom is 0.303 e. The molecule has 0 spiro atoms. The van der Waals surface area contributed by atoms with Crippen molar-refractivity contribution in [2.75, 3.05) is 112 Å². The number of ether oxygens (including phenoxy) is 22. The topological polar surface area (TPSA) is 261 Å². The molecule has 5 rings (SSSR count). The van der Waals surface area contributed by atoms with Crippen molar-refractivity contribution in [1.29, 1.82) is 0 Å². The van der Waals surface area contributed by atoms with E-state index in [-0.39, 0.29) is 39.0 Å². The number of rotatable bonds is 62. The summed E-state index contributed by atoms with van der Waals surface area (Å²) in [6.45, 7) is 35.7. The van der Waals surface area contributed by atoms with Crippen molar-refractivity contribution >= 4 is 5.97 Å². The monoisotopic (exact) mass is 1540 g/mol. The molecule has 632 valence electrons. The first-order valence-corrected chi connectivity index (χ1v) is 42.8. The van der Waals surface area contributed by atoms with E-state index in [4.69, 9.17) is 104 Å². The Labute approximate surface area is 646 Å². The highest BCUT2D eigenvalue weighted by Crippen LogP contribution is 2.42. The summed E-state index contributed by atoms with van der Waals surface area (Å²) in [5.41, 5.74) is 0. The average Bonchev–Trinajstić information content (AvgIpc) is 0.766. The lowest BCUT2D eigenvalue weighted by Gasteiger charge is -2.52. The Morgan fingerprint density at radius 3 is 0.916 bits per heavy atom. The van der Waals surface area contributed by atoms with Crippen LogP contribution in [0.25, 0.3) is 0 Å². The molecule has 10 unspecified atom stereocenters. The molecule has 0 saturated carbocycles. The van der Waals surface area contributed by atoms with Gasteiger partial charge >= 0.3 is 5.97 Å². The third-order valence-corrected chi connectivity index (χ3v) is 20.5. The van der Waals surface area contributed by atoms with Crippen molar-refractivity contribution < 1.29 is 119 Å². The zero-order valence-electron chi connectivity index (χ0n) is 69.2. The van der Waals surface area contributed by atoms with Crippen LogP contribution in [0.3, 0.4) is 0 Å². The van der Waals surface area contributed by atoms with Crippen molar-refractivity contribution in [3.63, 3.8) is 0 Å². The van der Waals surface area contributed by atoms with Crippen molar-refractivity contribution in [3.05, 3.63) is 0 Å². The smallest absolute Gasteiger partial charge is 0.303 e. The second-order valence-electron chi connectivity index (χ2n) is 29.8. The number of hydrogen-bond donors (Lipinski definition) is 2. The second kappa shape index (κ2) is 57.6. The Bertz CT molecular complexity index is 2140. The van der Waals surface area contributed by atoms with E-state index in [1.807, 2.05) is 6.92 Å². The minimum absolute atomic E-state index is 0.0403. The largest absolute Gasteiger partial charge is 0.454 e. The highest BCUT2D eigenvalue weighted by molar-refractivity contribution is 5.66. The quantitative estimate of drug-likeness (QED) is 0.0423. The van der Waals surface area contributed by atoms with Crippen molar-refractivity contribution in [1.82, 2.24) is 0 Å². The number of carbonyl (C=O) groups excluding carboxylic acids is 1. The van der Waals surface area contributed by atoms with Gasteiger partial charge in [-0.3, -0.25) is 4.79 Å². The minimum Gasteiger partial charge on any atom is -0.454 e. The van der Waals surface area contributed by atoms with Gasteiger partial charge in [0.25, 0.3) is 0 Å². The summed E-state index contributed by atoms with van der Waals surface area (Å²) in [6, 6.07) is 0. The molecule has 0 aliphatic carbocycles. The Morgan fingerprint density at radius 1 is 0.280 bits per heavy atom. The Hall–Kier alpha value is -1.45. The molecule has 107 heavy (non-hydrogen) atoms. The van der Waals surface area contributed by atoms with Gasteiger partial charge in [0.05, 0.1) is 45.2 Å². The van der Waals surface area contributed by atoms with Crippen LogP contribution in [0, 0.1) is 11.8 Å². The van der Waals surface area contributed by atoms with Crippen molar-refractivity contribution in [2.45, 2.75) is 399 Å². The first-order chi connectivity index (χ1) is 52.2. The third-order valence-electron chi connectivity index (χ3n) is 20.5. The van der Waals surface area contributed by atoms with E-state index >= 15 is 0 Å². The summed E-state index contributed by atoms with van der Waals surface area (Å²) in [4.78, 5) is 13.5. The van der Waals surface area contributed by atoms with Crippen LogP contribution < -0.4 is 0 Å². The third kappa shape index (κ3) is 32.3. The van der Waals surface area contributed by atoms with Crippen LogP contribution in [-0.2, 0) is 109 Å². The molecule has 25 heteroatoms. The summed E-state index contributed by atoms with van der Waals surface area (Å²) in [5, 5.41) is 24.4. The fourth-order valence-corrected chi connectivity index (χ4v) is 13.8. The van der Waals surface area contributed by atoms with E-state index < -0.39 is 160 Å². The van der Waals surface area contributed by atoms with Gasteiger partial charge in [0.2, 0.25) is 0 Å². The standard InChI is InChI=1S/C82H154O25/c1-16-28-40-86-53-61-68(92-46-34-22-7)73(94-48-36-24-9)76(98-59(15)84)81(102-61)105-71-64(56-89-43-31-19-4)101-79(58(14)67(71)91-45-33-21-6)107-77-74(95-49-37-25-10)69(93-47-35-23-8)62(54-87-41-29-17-2)103-82(77)106-72-65(85)60(52-83)99-80(75(72)96-50-38-26-11)104-70-63(55-88-42-30-18-3)100-78(97-51-39-27-12)57(13)66(70)90-44-32-20-5/h57-58,60-83,85H,16-56H2,1-15H3/t57-,58-,60?,61?,62?,63?,64?,65+,66?,67?,68-,69-,70+,71+,72?,73?,74?,75+,76-,77-,78+,79-,80-,81-,82-/m0/s1. The fourth-order valence-electron chi connectivity index (χ4n) is 13.8. The van der Waals surface area contributed by atoms with Gasteiger partial charge in [0.15, 0.2) is 37.6 Å². The molecule has 0 aromatic rings. The number of hydrogen-bond acceptors (Lipinski definition) is 25. The van der Waals surface area contributed by atoms with Gasteiger partial charge in [-0.05, 0) is 77.0 Å². The van der Waals surface area contributed by atoms with E-state index in [0.29, 0.717) is 85.5 Å². The van der Waals surface area contributed by atoms with Crippen molar-refractivity contribution in [3.8, 4) is 0 Å². The lowest BCUT2D eigenvalue weighted by atomic mass is 9.90. The van der Waals surface area contributed by atoms with Crippen molar-refractivity contribution in [2.24, 2.45) is 11.8 Å². The van der Waals surface area contributed by atoms with Gasteiger partial charge in [-0.25, -0.2) is 0 Å². The molecule has 5 aliphatic rings. The molecule has 0 aromatic carbocycles. The molecular weight excluding hydrogens is 1380 g/mol. The van der Waals surface area contributed by atoms with Gasteiger partial charge in [-0.2, -0.15) is 0 Å². The lowest BCUT2D eigenvalue weighted by molar-refractivity contribution is -0.405. The fraction of sp³-hybridized carbons (Fsp3) is 0.988. The Morgan fingerprint density at radius 2 is 0.542 bits per heavy atom. The predicted molar refractivity (Wildman–Crippen MR) is 406 cm³/mol. The van der Waals surface area contributed by atoms with Crippen LogP contribution in [0.1, 0.15) is 258 Å². The van der Waals surface area contributed by atoms with Gasteiger partial charge in [-0.1, -0.05) is 174 Å². The number of unbranched alkanes of at least 4 members (excludes halogenated alkanes) is 12. The molecule has 5 fully saturated rings. The average molecular weight is 1540 g/mol. The van der Waals surface area contributed by atoms with Crippen LogP contribution >= 0.6 is 0 Å². The molecule has 0 radical (unpaired) electrons. The van der Waals surface area contributed by atoms with Crippen LogP contribution in [0.15, 0.2) is 0 Å². The van der Waals surface area contributed by atoms with Gasteiger partial charge in [0, 0.05) is 98.0 Å². The van der Waals surface area contributed by atoms with Gasteiger partial charge in [-0.15, -0.1) is 0 Å². The molecule has 0 amide bonds. The molecular formula is C82H154O25. The second-order valence-corrected chi connectivity index (χ2v) is 29.8. The predicted octanol–water partition coefficient (Wildman–Crippen LogP) is 13.1. The van der Waals surface area contributed by atoms with E-state index in [1.165, 1.54) is 6.92 Å². The Balaban J connectivity index is 1.73. The minimum atomic E-state index is -1.52. The molecule has 5 heterocycles. The SMILES string of the molecule is CCCCOCC1O[C@@H](OCCCC)[C@@H](C)C(OCCCC)[C@@H]1O[C@@H]1OC(CO)[C@@H](O)C(O[C@@H]2OC(COCCCC)[C@H](OCCCC)C(OCCCC)[C@@H]2O[C@@H]2OC(COCCCC)[C@@H](O[C@@H]3OC(COCCCC)[C@H](OCCCC)C(OCCCC)[C@@H]3OC(C)=O)C(OCCCC)[C@@H]2C)[C@H]1OCCCC. The molecule has 5 saturated heterocycles. The van der Waals surface area contributed by atoms with Crippen LogP contribution in [0.4, 0.5) is 0 Å². The molecule has 5 aliphatic heterocycles. The Kier molecular flexibility index (Phi) is 51.7. The van der Waals surface area contributed by atoms with E-state index in [2.05, 4.69) is 90.0 Å². The summed E-state index contributed by atoms with van der Waals surface area (Å²) < 4.78 is 153. The summed E-state index contributed by atoms with van der Waals surface area (Å²) >= 11 is 0. The number of aliphatic hydroxyl groups excluding tert-OH is 2. The number of esters is 1. The molecule has 0 bridgehead atoms. The zero-order chi connectivity index (χ0) is 77.6.